The lowest BCUT2D eigenvalue weighted by molar-refractivity contribution is -0.137. The van der Waals surface area contributed by atoms with Gasteiger partial charge in [-0.25, -0.2) is 4.68 Å². The van der Waals surface area contributed by atoms with Crippen molar-refractivity contribution in [2.75, 3.05) is 52.1 Å². The minimum absolute atomic E-state index is 0.0341. The van der Waals surface area contributed by atoms with E-state index in [0.29, 0.717) is 26.2 Å². The lowest BCUT2D eigenvalue weighted by Gasteiger charge is -2.33. The van der Waals surface area contributed by atoms with Crippen LogP contribution in [0, 0.1) is 0 Å². The average Bonchev–Trinajstić information content (AvgIpc) is 3.21. The number of nitrogens with one attached hydrogen (secondary N) is 1. The molecule has 1 aliphatic heterocycles. The molecule has 1 aliphatic rings. The van der Waals surface area contributed by atoms with Crippen molar-refractivity contribution in [3.63, 3.8) is 0 Å². The predicted molar refractivity (Wildman–Crippen MR) is 111 cm³/mol. The second-order valence-electron chi connectivity index (χ2n) is 7.75. The largest absolute Gasteiger partial charge is 0.418 e. The molecule has 1 fully saturated rings. The number of amides is 3. The van der Waals surface area contributed by atoms with Gasteiger partial charge in [0.15, 0.2) is 5.69 Å². The Hall–Kier alpha value is -3.48. The lowest BCUT2D eigenvalue weighted by atomic mass is 10.1. The fraction of sp³-hybridized carbons (Fsp3) is 0.450. The van der Waals surface area contributed by atoms with Crippen LogP contribution < -0.4 is 5.32 Å². The van der Waals surface area contributed by atoms with Crippen LogP contribution in [0.1, 0.15) is 16.1 Å². The number of likely N-dealkylation sites (N-methyl/N-ethyl adjacent to an activating group) is 1. The third-order valence-electron chi connectivity index (χ3n) is 5.09. The third kappa shape index (κ3) is 6.28. The second-order valence-corrected chi connectivity index (χ2v) is 7.75. The number of alkyl halides is 3. The number of anilines is 1. The molecule has 1 N–H and O–H groups in total. The summed E-state index contributed by atoms with van der Waals surface area (Å²) in [6.45, 7) is 1.23. The molecule has 178 valence electrons. The van der Waals surface area contributed by atoms with E-state index in [9.17, 15) is 27.6 Å². The Labute approximate surface area is 187 Å². The summed E-state index contributed by atoms with van der Waals surface area (Å²) < 4.78 is 40.5. The fourth-order valence-electron chi connectivity index (χ4n) is 3.26. The first-order valence-corrected chi connectivity index (χ1v) is 10.1. The van der Waals surface area contributed by atoms with Crippen LogP contribution >= 0.6 is 0 Å². The van der Waals surface area contributed by atoms with Gasteiger partial charge in [-0.15, -0.1) is 5.10 Å². The molecule has 3 amide bonds. The number of halogens is 3. The van der Waals surface area contributed by atoms with E-state index in [1.54, 1.807) is 23.9 Å². The van der Waals surface area contributed by atoms with Gasteiger partial charge in [0.05, 0.1) is 24.0 Å². The molecule has 0 radical (unpaired) electrons. The molecule has 33 heavy (non-hydrogen) atoms. The van der Waals surface area contributed by atoms with Crippen LogP contribution in [0.25, 0.3) is 0 Å². The van der Waals surface area contributed by atoms with Crippen LogP contribution in [0.15, 0.2) is 30.5 Å². The van der Waals surface area contributed by atoms with E-state index in [-0.39, 0.29) is 36.3 Å². The zero-order valence-corrected chi connectivity index (χ0v) is 18.2. The molecule has 0 bridgehead atoms. The molecule has 3 rings (SSSR count). The Morgan fingerprint density at radius 1 is 1.06 bits per heavy atom. The number of para-hydroxylation sites is 1. The van der Waals surface area contributed by atoms with Crippen molar-refractivity contribution in [3.8, 4) is 0 Å². The number of carbonyl (C=O) groups excluding carboxylic acids is 3. The van der Waals surface area contributed by atoms with Gasteiger partial charge in [0.2, 0.25) is 11.8 Å². The van der Waals surface area contributed by atoms with E-state index in [4.69, 9.17) is 0 Å². The van der Waals surface area contributed by atoms with Crippen LogP contribution in [-0.4, -0.2) is 94.2 Å². The fourth-order valence-corrected chi connectivity index (χ4v) is 3.26. The van der Waals surface area contributed by atoms with Gasteiger partial charge >= 0.3 is 6.18 Å². The molecular weight excluding hydrogens is 443 g/mol. The summed E-state index contributed by atoms with van der Waals surface area (Å²) in [6.07, 6.45) is -3.17. The molecule has 13 heteroatoms. The first-order valence-electron chi connectivity index (χ1n) is 10.1. The van der Waals surface area contributed by atoms with Crippen molar-refractivity contribution in [1.82, 2.24) is 29.7 Å². The minimum Gasteiger partial charge on any atom is -0.347 e. The summed E-state index contributed by atoms with van der Waals surface area (Å²) >= 11 is 0. The van der Waals surface area contributed by atoms with Crippen molar-refractivity contribution in [2.24, 2.45) is 0 Å². The number of hydrogen-bond acceptors (Lipinski definition) is 6. The van der Waals surface area contributed by atoms with Gasteiger partial charge in [-0.05, 0) is 12.1 Å². The Morgan fingerprint density at radius 3 is 2.36 bits per heavy atom. The van der Waals surface area contributed by atoms with Gasteiger partial charge in [0.25, 0.3) is 5.91 Å². The third-order valence-corrected chi connectivity index (χ3v) is 5.09. The van der Waals surface area contributed by atoms with Crippen LogP contribution in [0.3, 0.4) is 0 Å². The van der Waals surface area contributed by atoms with Crippen LogP contribution in [0.5, 0.6) is 0 Å². The van der Waals surface area contributed by atoms with Gasteiger partial charge in [0, 0.05) is 40.3 Å². The van der Waals surface area contributed by atoms with Crippen molar-refractivity contribution in [2.45, 2.75) is 12.7 Å². The molecule has 0 spiro atoms. The van der Waals surface area contributed by atoms with E-state index in [1.807, 2.05) is 0 Å². The first kappa shape index (κ1) is 24.2. The van der Waals surface area contributed by atoms with Crippen LogP contribution in [0.2, 0.25) is 0 Å². The first-order chi connectivity index (χ1) is 15.5. The minimum atomic E-state index is -4.57. The van der Waals surface area contributed by atoms with Crippen molar-refractivity contribution >= 4 is 23.4 Å². The zero-order valence-electron chi connectivity index (χ0n) is 18.2. The maximum Gasteiger partial charge on any atom is 0.418 e. The number of carbonyl (C=O) groups is 3. The van der Waals surface area contributed by atoms with Crippen molar-refractivity contribution < 1.29 is 27.6 Å². The number of hydrogen-bond donors (Lipinski definition) is 1. The van der Waals surface area contributed by atoms with Gasteiger partial charge in [-0.1, -0.05) is 17.3 Å². The van der Waals surface area contributed by atoms with E-state index in [1.165, 1.54) is 34.0 Å². The van der Waals surface area contributed by atoms with Crippen LogP contribution in [-0.2, 0) is 22.3 Å². The summed E-state index contributed by atoms with van der Waals surface area (Å²) in [7, 11) is 3.22. The molecule has 1 aromatic carbocycles. The Bertz CT molecular complexity index is 1010. The van der Waals surface area contributed by atoms with Gasteiger partial charge in [-0.2, -0.15) is 13.2 Å². The SMILES string of the molecule is CN(C)C(=O)Cn1cc(C(=O)N2CCN(CC(=O)Nc3ccccc3C(F)(F)F)CC2)nn1. The summed E-state index contributed by atoms with van der Waals surface area (Å²) in [5, 5.41) is 9.95. The van der Waals surface area contributed by atoms with E-state index < -0.39 is 17.6 Å². The smallest absolute Gasteiger partial charge is 0.347 e. The van der Waals surface area contributed by atoms with Gasteiger partial charge in [0.1, 0.15) is 6.54 Å². The molecule has 1 saturated heterocycles. The number of nitrogens with zero attached hydrogens (tertiary/aromatic N) is 6. The van der Waals surface area contributed by atoms with Crippen LogP contribution in [0.4, 0.5) is 18.9 Å². The van der Waals surface area contributed by atoms with E-state index in [2.05, 4.69) is 15.6 Å². The van der Waals surface area contributed by atoms with Gasteiger partial charge in [-0.3, -0.25) is 19.3 Å². The maximum atomic E-state index is 13.1. The van der Waals surface area contributed by atoms with Crippen molar-refractivity contribution in [1.29, 1.82) is 0 Å². The number of aromatic nitrogens is 3. The number of piperazine rings is 1. The summed E-state index contributed by atoms with van der Waals surface area (Å²) in [5.41, 5.74) is -1.09. The molecule has 10 nitrogen and oxygen atoms in total. The number of benzene rings is 1. The lowest BCUT2D eigenvalue weighted by Crippen LogP contribution is -2.50. The Kier molecular flexibility index (Phi) is 7.31. The summed E-state index contributed by atoms with van der Waals surface area (Å²) in [6, 6.07) is 4.79. The summed E-state index contributed by atoms with van der Waals surface area (Å²) in [5.74, 6) is -1.11. The molecule has 1 aromatic heterocycles. The molecule has 0 unspecified atom stereocenters. The molecule has 0 saturated carbocycles. The quantitative estimate of drug-likeness (QED) is 0.674. The molecule has 0 atom stereocenters. The summed E-state index contributed by atoms with van der Waals surface area (Å²) in [4.78, 5) is 41.4. The average molecular weight is 467 g/mol. The topological polar surface area (TPSA) is 104 Å². The Morgan fingerprint density at radius 2 is 1.73 bits per heavy atom. The highest BCUT2D eigenvalue weighted by Gasteiger charge is 2.33. The Balaban J connectivity index is 1.50. The number of rotatable bonds is 6. The monoisotopic (exact) mass is 467 g/mol. The highest BCUT2D eigenvalue weighted by Crippen LogP contribution is 2.34. The van der Waals surface area contributed by atoms with E-state index >= 15 is 0 Å². The maximum absolute atomic E-state index is 13.1. The van der Waals surface area contributed by atoms with Gasteiger partial charge < -0.3 is 15.1 Å². The van der Waals surface area contributed by atoms with E-state index in [0.717, 1.165) is 6.07 Å². The van der Waals surface area contributed by atoms with Crippen molar-refractivity contribution in [3.05, 3.63) is 41.7 Å². The normalized spacial score (nSPS) is 14.8. The zero-order chi connectivity index (χ0) is 24.2. The second kappa shape index (κ2) is 9.98. The molecule has 2 aromatic rings. The standard InChI is InChI=1S/C20H24F3N7O3/c1-27(2)18(32)13-30-11-16(25-26-30)19(33)29-9-7-28(8-10-29)12-17(31)24-15-6-4-3-5-14(15)20(21,22)23/h3-6,11H,7-10,12-13H2,1-2H3,(H,24,31). The molecular formula is C20H24F3N7O3. The highest BCUT2D eigenvalue weighted by molar-refractivity contribution is 5.93. The molecule has 0 aliphatic carbocycles. The molecule has 2 heterocycles. The highest BCUT2D eigenvalue weighted by atomic mass is 19.4. The predicted octanol–water partition coefficient (Wildman–Crippen LogP) is 0.782.